The summed E-state index contributed by atoms with van der Waals surface area (Å²) in [6.45, 7) is 8.33. The van der Waals surface area contributed by atoms with E-state index in [1.54, 1.807) is 12.1 Å². The Morgan fingerprint density at radius 1 is 1.19 bits per heavy atom. The van der Waals surface area contributed by atoms with Crippen LogP contribution in [0.5, 0.6) is 0 Å². The molecule has 1 aromatic carbocycles. The normalized spacial score (nSPS) is 25.2. The van der Waals surface area contributed by atoms with Gasteiger partial charge in [-0.25, -0.2) is 4.39 Å². The van der Waals surface area contributed by atoms with Crippen LogP contribution in [0.1, 0.15) is 52.3 Å². The number of halogens is 1. The number of hydrogen-bond acceptors (Lipinski definition) is 2. The predicted octanol–water partition coefficient (Wildman–Crippen LogP) is 3.47. The number of nitrogens with zero attached hydrogens (tertiary/aromatic N) is 1. The molecule has 0 saturated carbocycles. The molecule has 1 heterocycles. The van der Waals surface area contributed by atoms with Crippen molar-refractivity contribution < 1.29 is 9.18 Å². The fraction of sp³-hybridized carbons (Fsp3) is 0.588. The van der Waals surface area contributed by atoms with Crippen molar-refractivity contribution in [2.45, 2.75) is 58.8 Å². The van der Waals surface area contributed by atoms with Crippen LogP contribution in [0.2, 0.25) is 0 Å². The minimum absolute atomic E-state index is 0.154. The van der Waals surface area contributed by atoms with E-state index in [2.05, 4.69) is 33.0 Å². The smallest absolute Gasteiger partial charge is 0.241 e. The third-order valence-corrected chi connectivity index (χ3v) is 4.60. The molecular formula is C17H25FN2O. The highest BCUT2D eigenvalue weighted by Gasteiger charge is 2.43. The lowest BCUT2D eigenvalue weighted by Crippen LogP contribution is -2.39. The van der Waals surface area contributed by atoms with Crippen LogP contribution in [-0.2, 0) is 4.79 Å². The van der Waals surface area contributed by atoms with Gasteiger partial charge in [-0.1, -0.05) is 39.3 Å². The van der Waals surface area contributed by atoms with Gasteiger partial charge in [0.05, 0.1) is 6.04 Å². The van der Waals surface area contributed by atoms with Crippen molar-refractivity contribution in [2.24, 2.45) is 5.92 Å². The first-order valence-electron chi connectivity index (χ1n) is 7.83. The monoisotopic (exact) mass is 292 g/mol. The Balaban J connectivity index is 2.32. The number of benzene rings is 1. The molecule has 0 aliphatic carbocycles. The van der Waals surface area contributed by atoms with Gasteiger partial charge in [0, 0.05) is 6.04 Å². The Kier molecular flexibility index (Phi) is 4.99. The minimum atomic E-state index is -0.253. The lowest BCUT2D eigenvalue weighted by atomic mass is 9.99. The Morgan fingerprint density at radius 2 is 1.81 bits per heavy atom. The fourth-order valence-electron chi connectivity index (χ4n) is 2.82. The van der Waals surface area contributed by atoms with Gasteiger partial charge in [0.2, 0.25) is 5.91 Å². The lowest BCUT2D eigenvalue weighted by Gasteiger charge is -2.30. The van der Waals surface area contributed by atoms with Crippen molar-refractivity contribution >= 4 is 5.91 Å². The topological polar surface area (TPSA) is 32.3 Å². The number of rotatable bonds is 5. The molecule has 4 heteroatoms. The zero-order chi connectivity index (χ0) is 15.6. The molecule has 1 aromatic rings. The quantitative estimate of drug-likeness (QED) is 0.901. The number of hydrogen-bond donors (Lipinski definition) is 1. The van der Waals surface area contributed by atoms with E-state index < -0.39 is 0 Å². The molecule has 1 saturated heterocycles. The first-order valence-corrected chi connectivity index (χ1v) is 7.83. The highest BCUT2D eigenvalue weighted by Crippen LogP contribution is 2.31. The van der Waals surface area contributed by atoms with E-state index in [-0.39, 0.29) is 35.9 Å². The molecule has 1 N–H and O–H groups in total. The van der Waals surface area contributed by atoms with Crippen LogP contribution in [0.4, 0.5) is 4.39 Å². The molecule has 0 radical (unpaired) electrons. The molecule has 1 fully saturated rings. The lowest BCUT2D eigenvalue weighted by molar-refractivity contribution is -0.132. The molecule has 4 atom stereocenters. The highest BCUT2D eigenvalue weighted by atomic mass is 19.1. The second kappa shape index (κ2) is 6.56. The van der Waals surface area contributed by atoms with Crippen molar-refractivity contribution in [1.82, 2.24) is 10.2 Å². The zero-order valence-corrected chi connectivity index (χ0v) is 13.3. The van der Waals surface area contributed by atoms with Gasteiger partial charge in [0.25, 0.3) is 0 Å². The minimum Gasteiger partial charge on any atom is -0.319 e. The van der Waals surface area contributed by atoms with Crippen molar-refractivity contribution in [1.29, 1.82) is 0 Å². The molecular weight excluding hydrogens is 267 g/mol. The maximum Gasteiger partial charge on any atom is 0.241 e. The van der Waals surface area contributed by atoms with Gasteiger partial charge in [-0.3, -0.25) is 10.1 Å². The van der Waals surface area contributed by atoms with Crippen molar-refractivity contribution in [2.75, 3.05) is 0 Å². The Hall–Kier alpha value is -1.42. The maximum atomic E-state index is 13.1. The predicted molar refractivity (Wildman–Crippen MR) is 82.1 cm³/mol. The van der Waals surface area contributed by atoms with Crippen LogP contribution in [-0.4, -0.2) is 22.9 Å². The summed E-state index contributed by atoms with van der Waals surface area (Å²) in [5, 5.41) is 3.45. The molecule has 1 aliphatic rings. The van der Waals surface area contributed by atoms with Gasteiger partial charge in [0.1, 0.15) is 12.0 Å². The first kappa shape index (κ1) is 16.0. The second-order valence-corrected chi connectivity index (χ2v) is 5.99. The van der Waals surface area contributed by atoms with E-state index in [4.69, 9.17) is 0 Å². The average molecular weight is 292 g/mol. The number of amides is 1. The number of carbonyl (C=O) groups excluding carboxylic acids is 1. The Bertz CT molecular complexity index is 488. The maximum absolute atomic E-state index is 13.1. The van der Waals surface area contributed by atoms with Crippen LogP contribution in [0.25, 0.3) is 0 Å². The zero-order valence-electron chi connectivity index (χ0n) is 13.3. The summed E-state index contributed by atoms with van der Waals surface area (Å²) in [6, 6.07) is 6.43. The van der Waals surface area contributed by atoms with Crippen LogP contribution in [0, 0.1) is 11.7 Å². The summed E-state index contributed by atoms with van der Waals surface area (Å²) >= 11 is 0. The van der Waals surface area contributed by atoms with E-state index in [0.717, 1.165) is 18.4 Å². The van der Waals surface area contributed by atoms with Crippen LogP contribution >= 0.6 is 0 Å². The first-order chi connectivity index (χ1) is 9.99. The summed E-state index contributed by atoms with van der Waals surface area (Å²) in [4.78, 5) is 14.7. The van der Waals surface area contributed by atoms with E-state index in [1.807, 2.05) is 4.90 Å². The van der Waals surface area contributed by atoms with Gasteiger partial charge < -0.3 is 4.90 Å². The third kappa shape index (κ3) is 3.10. The van der Waals surface area contributed by atoms with Gasteiger partial charge in [-0.05, 0) is 37.0 Å². The molecule has 21 heavy (non-hydrogen) atoms. The Labute approximate surface area is 126 Å². The Morgan fingerprint density at radius 3 is 2.33 bits per heavy atom. The van der Waals surface area contributed by atoms with Gasteiger partial charge in [0.15, 0.2) is 0 Å². The molecule has 1 aliphatic heterocycles. The van der Waals surface area contributed by atoms with E-state index in [9.17, 15) is 9.18 Å². The third-order valence-electron chi connectivity index (χ3n) is 4.60. The van der Waals surface area contributed by atoms with Crippen LogP contribution in [0.15, 0.2) is 24.3 Å². The molecule has 1 amide bonds. The molecule has 0 spiro atoms. The van der Waals surface area contributed by atoms with Crippen molar-refractivity contribution in [3.63, 3.8) is 0 Å². The summed E-state index contributed by atoms with van der Waals surface area (Å²) in [5.74, 6) is 0.194. The number of nitrogens with one attached hydrogen (secondary N) is 1. The molecule has 0 aromatic heterocycles. The molecule has 0 bridgehead atoms. The van der Waals surface area contributed by atoms with Gasteiger partial charge in [-0.15, -0.1) is 0 Å². The summed E-state index contributed by atoms with van der Waals surface area (Å²) in [5.41, 5.74) is 0.941. The summed E-state index contributed by atoms with van der Waals surface area (Å²) in [6.07, 6.45) is 1.69. The fourth-order valence-corrected chi connectivity index (χ4v) is 2.82. The van der Waals surface area contributed by atoms with E-state index in [1.165, 1.54) is 12.1 Å². The molecule has 3 nitrogen and oxygen atoms in total. The molecule has 116 valence electrons. The SMILES string of the molecule is CCC(C)C1NC(c2ccc(F)cc2)N(C(C)CC)C1=O. The summed E-state index contributed by atoms with van der Waals surface area (Å²) < 4.78 is 13.1. The molecule has 4 unspecified atom stereocenters. The van der Waals surface area contributed by atoms with Crippen molar-refractivity contribution in [3.05, 3.63) is 35.6 Å². The van der Waals surface area contributed by atoms with Crippen LogP contribution < -0.4 is 5.32 Å². The largest absolute Gasteiger partial charge is 0.319 e. The van der Waals surface area contributed by atoms with Crippen LogP contribution in [0.3, 0.4) is 0 Å². The van der Waals surface area contributed by atoms with E-state index >= 15 is 0 Å². The standard InChI is InChI=1S/C17H25FN2O/c1-5-11(3)15-17(21)20(12(4)6-2)16(19-15)13-7-9-14(18)10-8-13/h7-12,15-16,19H,5-6H2,1-4H3. The number of carbonyl (C=O) groups is 1. The summed E-state index contributed by atoms with van der Waals surface area (Å²) in [7, 11) is 0. The van der Waals surface area contributed by atoms with E-state index in [0.29, 0.717) is 0 Å². The van der Waals surface area contributed by atoms with Crippen molar-refractivity contribution in [3.8, 4) is 0 Å². The molecule has 2 rings (SSSR count). The van der Waals surface area contributed by atoms with Gasteiger partial charge in [-0.2, -0.15) is 0 Å². The second-order valence-electron chi connectivity index (χ2n) is 5.99. The van der Waals surface area contributed by atoms with Gasteiger partial charge >= 0.3 is 0 Å². The highest BCUT2D eigenvalue weighted by molar-refractivity contribution is 5.85. The average Bonchev–Trinajstić information content (AvgIpc) is 2.84.